The number of rotatable bonds is 9. The Labute approximate surface area is 196 Å². The molecule has 0 saturated carbocycles. The number of esters is 1. The number of benzene rings is 3. The van der Waals surface area contributed by atoms with Crippen molar-refractivity contribution in [1.82, 2.24) is 0 Å². The summed E-state index contributed by atoms with van der Waals surface area (Å²) in [5.41, 5.74) is 0.826. The Bertz CT molecular complexity index is 1250. The molecule has 0 radical (unpaired) electrons. The third-order valence-corrected chi connectivity index (χ3v) is 5.76. The van der Waals surface area contributed by atoms with Crippen LogP contribution >= 0.6 is 0 Å². The Morgan fingerprint density at radius 1 is 0.882 bits per heavy atom. The molecule has 1 aliphatic carbocycles. The monoisotopic (exact) mass is 462 g/mol. The highest BCUT2D eigenvalue weighted by Crippen LogP contribution is 2.52. The molecule has 0 amide bonds. The van der Waals surface area contributed by atoms with Gasteiger partial charge in [0.1, 0.15) is 11.5 Å². The van der Waals surface area contributed by atoms with E-state index in [0.717, 1.165) is 19.3 Å². The molecule has 0 saturated heterocycles. The molecule has 0 bridgehead atoms. The van der Waals surface area contributed by atoms with E-state index in [0.29, 0.717) is 29.0 Å². The Balaban J connectivity index is 1.54. The van der Waals surface area contributed by atoms with Crippen LogP contribution in [0.5, 0.6) is 11.5 Å². The molecule has 4 nitrogen and oxygen atoms in total. The molecule has 4 rings (SSSR count). The van der Waals surface area contributed by atoms with Crippen molar-refractivity contribution in [2.75, 3.05) is 6.61 Å². The van der Waals surface area contributed by atoms with Crippen molar-refractivity contribution in [3.63, 3.8) is 0 Å². The molecule has 174 valence electrons. The summed E-state index contributed by atoms with van der Waals surface area (Å²) in [6.07, 6.45) is 4.11. The van der Waals surface area contributed by atoms with Gasteiger partial charge in [0, 0.05) is 16.7 Å². The first kappa shape index (κ1) is 23.4. The van der Waals surface area contributed by atoms with Crippen molar-refractivity contribution in [3.8, 4) is 22.6 Å². The maximum atomic E-state index is 15.3. The van der Waals surface area contributed by atoms with E-state index in [2.05, 4.69) is 13.5 Å². The number of allylic oxidation sites excluding steroid dienone is 1. The average molecular weight is 462 g/mol. The van der Waals surface area contributed by atoms with Crippen molar-refractivity contribution in [1.29, 1.82) is 0 Å². The third-order valence-electron chi connectivity index (χ3n) is 5.76. The van der Waals surface area contributed by atoms with Crippen LogP contribution in [0.25, 0.3) is 11.1 Å². The van der Waals surface area contributed by atoms with Crippen LogP contribution in [0.4, 0.5) is 8.78 Å². The summed E-state index contributed by atoms with van der Waals surface area (Å²) in [6, 6.07) is 14.8. The first-order chi connectivity index (χ1) is 16.3. The number of alkyl halides is 2. The number of ether oxygens (including phenoxy) is 2. The smallest absolute Gasteiger partial charge is 0.343 e. The second kappa shape index (κ2) is 9.59. The van der Waals surface area contributed by atoms with Crippen LogP contribution in [-0.4, -0.2) is 18.4 Å². The Hall–Kier alpha value is -3.80. The highest BCUT2D eigenvalue weighted by atomic mass is 19.3. The molecule has 3 aromatic rings. The first-order valence-corrected chi connectivity index (χ1v) is 11.1. The predicted octanol–water partition coefficient (Wildman–Crippen LogP) is 6.96. The highest BCUT2D eigenvalue weighted by Gasteiger charge is 2.45. The zero-order valence-electron chi connectivity index (χ0n) is 18.8. The Kier molecular flexibility index (Phi) is 6.59. The molecule has 0 aliphatic heterocycles. The second-order valence-electron chi connectivity index (χ2n) is 8.08. The van der Waals surface area contributed by atoms with Gasteiger partial charge in [-0.1, -0.05) is 38.5 Å². The van der Waals surface area contributed by atoms with Crippen LogP contribution in [0.1, 0.15) is 58.0 Å². The SMILES string of the molecule is C=CC(=O)c1ccc(OC(=O)c2ccc3c(c2)C(F)(F)c2cc(OCCCCC)ccc2-3)cc1. The molecule has 0 N–H and O–H groups in total. The van der Waals surface area contributed by atoms with Gasteiger partial charge in [-0.3, -0.25) is 4.79 Å². The van der Waals surface area contributed by atoms with Crippen LogP contribution in [0.2, 0.25) is 0 Å². The fraction of sp³-hybridized carbons (Fsp3) is 0.214. The van der Waals surface area contributed by atoms with Gasteiger partial charge in [0.05, 0.1) is 12.2 Å². The molecule has 6 heteroatoms. The third kappa shape index (κ3) is 4.49. The van der Waals surface area contributed by atoms with Crippen LogP contribution < -0.4 is 9.47 Å². The highest BCUT2D eigenvalue weighted by molar-refractivity contribution is 6.04. The topological polar surface area (TPSA) is 52.6 Å². The molecular formula is C28H24F2O4. The Morgan fingerprint density at radius 3 is 2.18 bits per heavy atom. The molecule has 0 unspecified atom stereocenters. The molecule has 0 spiro atoms. The summed E-state index contributed by atoms with van der Waals surface area (Å²) in [4.78, 5) is 24.3. The fourth-order valence-corrected chi connectivity index (χ4v) is 3.93. The number of halogens is 2. The Morgan fingerprint density at radius 2 is 1.50 bits per heavy atom. The fourth-order valence-electron chi connectivity index (χ4n) is 3.93. The lowest BCUT2D eigenvalue weighted by Gasteiger charge is -2.14. The van der Waals surface area contributed by atoms with E-state index in [1.807, 2.05) is 0 Å². The lowest BCUT2D eigenvalue weighted by atomic mass is 10.0. The number of carbonyl (C=O) groups excluding carboxylic acids is 2. The molecule has 0 heterocycles. The maximum absolute atomic E-state index is 15.3. The summed E-state index contributed by atoms with van der Waals surface area (Å²) >= 11 is 0. The first-order valence-electron chi connectivity index (χ1n) is 11.1. The second-order valence-corrected chi connectivity index (χ2v) is 8.08. The molecule has 3 aromatic carbocycles. The summed E-state index contributed by atoms with van der Waals surface area (Å²) in [7, 11) is 0. The van der Waals surface area contributed by atoms with Crippen molar-refractivity contribution in [3.05, 3.63) is 95.6 Å². The van der Waals surface area contributed by atoms with E-state index in [1.54, 1.807) is 12.1 Å². The minimum Gasteiger partial charge on any atom is -0.494 e. The van der Waals surface area contributed by atoms with Crippen LogP contribution in [0, 0.1) is 0 Å². The van der Waals surface area contributed by atoms with Crippen LogP contribution in [0.15, 0.2) is 73.3 Å². The molecule has 0 atom stereocenters. The van der Waals surface area contributed by atoms with Gasteiger partial charge >= 0.3 is 5.97 Å². The van der Waals surface area contributed by atoms with Gasteiger partial charge in [0.25, 0.3) is 5.92 Å². The van der Waals surface area contributed by atoms with Crippen molar-refractivity contribution < 1.29 is 27.8 Å². The minimum atomic E-state index is -3.27. The summed E-state index contributed by atoms with van der Waals surface area (Å²) in [5, 5.41) is 0. The van der Waals surface area contributed by atoms with Crippen LogP contribution in [-0.2, 0) is 5.92 Å². The summed E-state index contributed by atoms with van der Waals surface area (Å²) < 4.78 is 41.6. The van der Waals surface area contributed by atoms with Gasteiger partial charge in [0.2, 0.25) is 0 Å². The zero-order valence-corrected chi connectivity index (χ0v) is 18.8. The quantitative estimate of drug-likeness (QED) is 0.113. The number of ketones is 1. The number of fused-ring (bicyclic) bond motifs is 3. The molecule has 0 fully saturated rings. The van der Waals surface area contributed by atoms with E-state index in [4.69, 9.17) is 9.47 Å². The molecular weight excluding hydrogens is 438 g/mol. The number of unbranched alkanes of at least 4 members (excludes halogenated alkanes) is 2. The van der Waals surface area contributed by atoms with E-state index < -0.39 is 11.9 Å². The van der Waals surface area contributed by atoms with Gasteiger partial charge in [-0.05, 0) is 72.2 Å². The molecule has 34 heavy (non-hydrogen) atoms. The van der Waals surface area contributed by atoms with Crippen molar-refractivity contribution in [2.24, 2.45) is 0 Å². The van der Waals surface area contributed by atoms with Crippen molar-refractivity contribution >= 4 is 11.8 Å². The number of carbonyl (C=O) groups is 2. The zero-order chi connectivity index (χ0) is 24.3. The molecule has 0 aromatic heterocycles. The van der Waals surface area contributed by atoms with E-state index in [9.17, 15) is 9.59 Å². The minimum absolute atomic E-state index is 0.00788. The van der Waals surface area contributed by atoms with Gasteiger partial charge < -0.3 is 9.47 Å². The lowest BCUT2D eigenvalue weighted by molar-refractivity contribution is 0.0475. The summed E-state index contributed by atoms with van der Waals surface area (Å²) in [6.45, 7) is 5.98. The van der Waals surface area contributed by atoms with E-state index in [1.165, 1.54) is 54.6 Å². The number of hydrogen-bond acceptors (Lipinski definition) is 4. The van der Waals surface area contributed by atoms with Crippen LogP contribution in [0.3, 0.4) is 0 Å². The van der Waals surface area contributed by atoms with Gasteiger partial charge in [-0.15, -0.1) is 0 Å². The summed E-state index contributed by atoms with van der Waals surface area (Å²) in [5.74, 6) is -3.69. The van der Waals surface area contributed by atoms with Gasteiger partial charge in [0.15, 0.2) is 5.78 Å². The standard InChI is InChI=1S/C28H24F2O4/c1-3-5-6-15-33-21-12-14-23-22-13-9-19(16-24(22)28(29,30)25(23)17-21)27(32)34-20-10-7-18(8-11-20)26(31)4-2/h4,7-14,16-17H,2-3,5-6,15H2,1H3. The largest absolute Gasteiger partial charge is 0.494 e. The van der Waals surface area contributed by atoms with E-state index >= 15 is 8.78 Å². The molecule has 1 aliphatic rings. The lowest BCUT2D eigenvalue weighted by Crippen LogP contribution is -2.14. The van der Waals surface area contributed by atoms with Gasteiger partial charge in [-0.25, -0.2) is 4.79 Å². The predicted molar refractivity (Wildman–Crippen MR) is 126 cm³/mol. The van der Waals surface area contributed by atoms with Crippen molar-refractivity contribution in [2.45, 2.75) is 32.1 Å². The average Bonchev–Trinajstić information content (AvgIpc) is 3.07. The number of hydrogen-bond donors (Lipinski definition) is 0. The normalized spacial score (nSPS) is 13.0. The van der Waals surface area contributed by atoms with E-state index in [-0.39, 0.29) is 28.2 Å². The van der Waals surface area contributed by atoms with Gasteiger partial charge in [-0.2, -0.15) is 8.78 Å². The maximum Gasteiger partial charge on any atom is 0.343 e.